The molecule has 5 rings (SSSR count). The molecule has 4 aromatic rings. The van der Waals surface area contributed by atoms with Crippen molar-refractivity contribution in [1.82, 2.24) is 4.57 Å². The van der Waals surface area contributed by atoms with Crippen molar-refractivity contribution < 1.29 is 9.90 Å². The highest BCUT2D eigenvalue weighted by Crippen LogP contribution is 2.46. The van der Waals surface area contributed by atoms with Crippen molar-refractivity contribution in [1.29, 1.82) is 0 Å². The predicted octanol–water partition coefficient (Wildman–Crippen LogP) is 7.47. The number of aliphatic hydroxyl groups excluding tert-OH is 1. The predicted molar refractivity (Wildman–Crippen MR) is 144 cm³/mol. The van der Waals surface area contributed by atoms with Crippen LogP contribution < -0.4 is 0 Å². The van der Waals surface area contributed by atoms with Crippen LogP contribution >= 0.6 is 0 Å². The standard InChI is InChI=1S/C32H29NO2/c1-20-13-9-11-17-25(20)32(3,4)21(2)19-24-30(34)28(31(24)35)27-23-16-10-12-18-26(23)33(5)29(27)22-14-7-6-8-15-22/h6-19,34H,2H2,1,3-5H3/b24-19-. The third-order valence-electron chi connectivity index (χ3n) is 7.31. The molecule has 3 heteroatoms. The lowest BCUT2D eigenvalue weighted by Crippen LogP contribution is -2.25. The highest BCUT2D eigenvalue weighted by Gasteiger charge is 2.39. The van der Waals surface area contributed by atoms with Gasteiger partial charge in [0.15, 0.2) is 0 Å². The van der Waals surface area contributed by atoms with Gasteiger partial charge in [-0.15, -0.1) is 0 Å². The zero-order valence-corrected chi connectivity index (χ0v) is 20.6. The van der Waals surface area contributed by atoms with E-state index < -0.39 is 0 Å². The highest BCUT2D eigenvalue weighted by molar-refractivity contribution is 6.41. The second-order valence-corrected chi connectivity index (χ2v) is 9.74. The summed E-state index contributed by atoms with van der Waals surface area (Å²) in [5.41, 5.74) is 7.10. The molecule has 1 aliphatic rings. The smallest absolute Gasteiger partial charge is 0.201 e. The Balaban J connectivity index is 1.64. The summed E-state index contributed by atoms with van der Waals surface area (Å²) in [5.74, 6) is -0.122. The maximum absolute atomic E-state index is 13.5. The van der Waals surface area contributed by atoms with Crippen molar-refractivity contribution in [2.24, 2.45) is 7.05 Å². The van der Waals surface area contributed by atoms with Crippen molar-refractivity contribution in [3.05, 3.63) is 125 Å². The van der Waals surface area contributed by atoms with Crippen LogP contribution in [0.4, 0.5) is 0 Å². The number of allylic oxidation sites excluding steroid dienone is 4. The second-order valence-electron chi connectivity index (χ2n) is 9.74. The first kappa shape index (κ1) is 22.7. The molecule has 0 bridgehead atoms. The molecule has 1 aliphatic carbocycles. The van der Waals surface area contributed by atoms with Crippen LogP contribution in [0.2, 0.25) is 0 Å². The molecule has 1 heterocycles. The molecule has 0 saturated heterocycles. The molecule has 0 spiro atoms. The lowest BCUT2D eigenvalue weighted by molar-refractivity contribution is -0.111. The normalized spacial score (nSPS) is 15.1. The minimum absolute atomic E-state index is 0.0327. The van der Waals surface area contributed by atoms with Gasteiger partial charge in [0.05, 0.1) is 16.8 Å². The van der Waals surface area contributed by atoms with E-state index in [1.54, 1.807) is 6.08 Å². The quantitative estimate of drug-likeness (QED) is 0.315. The van der Waals surface area contributed by atoms with Crippen molar-refractivity contribution in [3.63, 3.8) is 0 Å². The molecule has 35 heavy (non-hydrogen) atoms. The van der Waals surface area contributed by atoms with Gasteiger partial charge in [-0.25, -0.2) is 0 Å². The van der Waals surface area contributed by atoms with Crippen molar-refractivity contribution in [3.8, 4) is 11.3 Å². The summed E-state index contributed by atoms with van der Waals surface area (Å²) in [6, 6.07) is 26.2. The first-order valence-corrected chi connectivity index (χ1v) is 11.8. The van der Waals surface area contributed by atoms with Crippen molar-refractivity contribution in [2.45, 2.75) is 26.2 Å². The summed E-state index contributed by atoms with van der Waals surface area (Å²) in [7, 11) is 2.00. The van der Waals surface area contributed by atoms with E-state index in [2.05, 4.69) is 44.0 Å². The number of hydrogen-bond acceptors (Lipinski definition) is 2. The van der Waals surface area contributed by atoms with Gasteiger partial charge in [-0.05, 0) is 41.3 Å². The molecular weight excluding hydrogens is 430 g/mol. The van der Waals surface area contributed by atoms with Gasteiger partial charge in [-0.3, -0.25) is 4.79 Å². The number of ketones is 1. The van der Waals surface area contributed by atoms with E-state index in [-0.39, 0.29) is 17.0 Å². The molecule has 174 valence electrons. The summed E-state index contributed by atoms with van der Waals surface area (Å²) in [4.78, 5) is 13.5. The van der Waals surface area contributed by atoms with Gasteiger partial charge in [-0.1, -0.05) is 93.2 Å². The zero-order chi connectivity index (χ0) is 24.9. The van der Waals surface area contributed by atoms with Crippen LogP contribution in [0.5, 0.6) is 0 Å². The van der Waals surface area contributed by atoms with Gasteiger partial charge < -0.3 is 9.67 Å². The number of hydrogen-bond donors (Lipinski definition) is 1. The number of nitrogens with zero attached hydrogens (tertiary/aromatic N) is 1. The monoisotopic (exact) mass is 459 g/mol. The molecular formula is C32H29NO2. The topological polar surface area (TPSA) is 42.2 Å². The van der Waals surface area contributed by atoms with Gasteiger partial charge in [-0.2, -0.15) is 0 Å². The third kappa shape index (κ3) is 3.47. The number of benzene rings is 3. The van der Waals surface area contributed by atoms with E-state index in [1.165, 1.54) is 5.56 Å². The molecule has 3 aromatic carbocycles. The van der Waals surface area contributed by atoms with Crippen LogP contribution in [-0.4, -0.2) is 15.5 Å². The fraction of sp³-hybridized carbons (Fsp3) is 0.156. The zero-order valence-electron chi connectivity index (χ0n) is 20.6. The Hall–Kier alpha value is -4.11. The molecule has 3 nitrogen and oxygen atoms in total. The molecule has 0 amide bonds. The number of carbonyl (C=O) groups excluding carboxylic acids is 1. The minimum atomic E-state index is -0.386. The Morgan fingerprint density at radius 2 is 1.57 bits per heavy atom. The molecule has 1 N–H and O–H groups in total. The second kappa shape index (κ2) is 8.28. The maximum Gasteiger partial charge on any atom is 0.201 e. The lowest BCUT2D eigenvalue weighted by atomic mass is 9.73. The Morgan fingerprint density at radius 3 is 2.26 bits per heavy atom. The SMILES string of the molecule is C=C(/C=C1\C(=O)C(c2c(-c3ccccc3)n(C)c3ccccc23)=C1O)C(C)(C)c1ccccc1C. The van der Waals surface area contributed by atoms with Crippen molar-refractivity contribution in [2.75, 3.05) is 0 Å². The molecule has 0 radical (unpaired) electrons. The summed E-state index contributed by atoms with van der Waals surface area (Å²) in [6.07, 6.45) is 1.75. The molecule has 0 aliphatic heterocycles. The van der Waals surface area contributed by atoms with Crippen LogP contribution in [0.15, 0.2) is 108 Å². The number of para-hydroxylation sites is 1. The molecule has 0 saturated carbocycles. The number of rotatable bonds is 5. The summed E-state index contributed by atoms with van der Waals surface area (Å²) >= 11 is 0. The van der Waals surface area contributed by atoms with E-state index in [9.17, 15) is 9.90 Å². The number of carbonyl (C=O) groups is 1. The van der Waals surface area contributed by atoms with Gasteiger partial charge in [0.1, 0.15) is 5.76 Å². The van der Waals surface area contributed by atoms with Crippen LogP contribution in [-0.2, 0) is 17.3 Å². The maximum atomic E-state index is 13.5. The summed E-state index contributed by atoms with van der Waals surface area (Å²) in [6.45, 7) is 10.6. The molecule has 0 atom stereocenters. The Kier molecular flexibility index (Phi) is 5.36. The summed E-state index contributed by atoms with van der Waals surface area (Å²) < 4.78 is 2.09. The van der Waals surface area contributed by atoms with E-state index in [1.807, 2.05) is 73.8 Å². The number of aliphatic hydroxyl groups is 1. The highest BCUT2D eigenvalue weighted by atomic mass is 16.3. The number of aromatic nitrogens is 1. The van der Waals surface area contributed by atoms with Gasteiger partial charge in [0.2, 0.25) is 5.78 Å². The lowest BCUT2D eigenvalue weighted by Gasteiger charge is -2.30. The molecule has 1 aromatic heterocycles. The number of fused-ring (bicyclic) bond motifs is 1. The van der Waals surface area contributed by atoms with E-state index in [0.717, 1.165) is 38.9 Å². The first-order valence-electron chi connectivity index (χ1n) is 11.8. The van der Waals surface area contributed by atoms with Crippen LogP contribution in [0.1, 0.15) is 30.5 Å². The van der Waals surface area contributed by atoms with Crippen LogP contribution in [0, 0.1) is 6.92 Å². The average Bonchev–Trinajstić information content (AvgIpc) is 3.15. The number of Topliss-reactive ketones (excluding diaryl/α,β-unsaturated/α-hetero) is 1. The Bertz CT molecular complexity index is 1560. The Labute approximate surface area is 206 Å². The van der Waals surface area contributed by atoms with Gasteiger partial charge in [0.25, 0.3) is 0 Å². The Morgan fingerprint density at radius 1 is 0.943 bits per heavy atom. The fourth-order valence-electron chi connectivity index (χ4n) is 5.17. The number of aryl methyl sites for hydroxylation is 2. The van der Waals surface area contributed by atoms with Crippen LogP contribution in [0.25, 0.3) is 27.7 Å². The average molecular weight is 460 g/mol. The molecule has 0 unspecified atom stereocenters. The van der Waals surface area contributed by atoms with E-state index >= 15 is 0 Å². The third-order valence-corrected chi connectivity index (χ3v) is 7.31. The van der Waals surface area contributed by atoms with Crippen molar-refractivity contribution >= 4 is 22.3 Å². The van der Waals surface area contributed by atoms with Gasteiger partial charge in [0, 0.05) is 28.9 Å². The largest absolute Gasteiger partial charge is 0.506 e. The van der Waals surface area contributed by atoms with Crippen LogP contribution in [0.3, 0.4) is 0 Å². The fourth-order valence-corrected chi connectivity index (χ4v) is 5.17. The van der Waals surface area contributed by atoms with E-state index in [0.29, 0.717) is 11.1 Å². The first-order chi connectivity index (χ1) is 16.7. The molecule has 0 fully saturated rings. The van der Waals surface area contributed by atoms with E-state index in [4.69, 9.17) is 0 Å². The van der Waals surface area contributed by atoms with Gasteiger partial charge >= 0.3 is 0 Å². The summed E-state index contributed by atoms with van der Waals surface area (Å²) in [5, 5.41) is 12.2. The minimum Gasteiger partial charge on any atom is -0.506 e.